The minimum absolute atomic E-state index is 0.00135. The summed E-state index contributed by atoms with van der Waals surface area (Å²) < 4.78 is 26.7. The predicted octanol–water partition coefficient (Wildman–Crippen LogP) is 2.66. The zero-order valence-corrected chi connectivity index (χ0v) is 13.1. The van der Waals surface area contributed by atoms with Gasteiger partial charge in [-0.25, -0.2) is 8.42 Å². The van der Waals surface area contributed by atoms with Crippen LogP contribution in [0.15, 0.2) is 53.4 Å². The maximum Gasteiger partial charge on any atom is 0.293 e. The summed E-state index contributed by atoms with van der Waals surface area (Å²) in [6.07, 6.45) is 0.136. The van der Waals surface area contributed by atoms with E-state index in [0.717, 1.165) is 0 Å². The molecule has 0 radical (unpaired) electrons. The second-order valence-corrected chi connectivity index (χ2v) is 6.61. The van der Waals surface area contributed by atoms with Crippen LogP contribution in [0.2, 0.25) is 5.02 Å². The molecular formula is C14H11ClN2O5S. The molecule has 7 nitrogen and oxygen atoms in total. The summed E-state index contributed by atoms with van der Waals surface area (Å²) in [5.74, 6) is 0. The SMILES string of the molecule is O=CC(c1cc(NS(=O)(=O)c2ccccc2)ccc1Cl)[N+](=O)[O-]. The van der Waals surface area contributed by atoms with Crippen LogP contribution in [0.4, 0.5) is 5.69 Å². The lowest BCUT2D eigenvalue weighted by Gasteiger charge is -2.11. The van der Waals surface area contributed by atoms with Gasteiger partial charge in [0.25, 0.3) is 16.1 Å². The number of rotatable bonds is 6. The summed E-state index contributed by atoms with van der Waals surface area (Å²) in [7, 11) is -3.85. The van der Waals surface area contributed by atoms with E-state index in [1.54, 1.807) is 18.2 Å². The highest BCUT2D eigenvalue weighted by Crippen LogP contribution is 2.28. The molecule has 1 unspecified atom stereocenters. The summed E-state index contributed by atoms with van der Waals surface area (Å²) in [6, 6.07) is 9.77. The summed E-state index contributed by atoms with van der Waals surface area (Å²) >= 11 is 5.86. The van der Waals surface area contributed by atoms with Gasteiger partial charge in [0, 0.05) is 10.6 Å². The van der Waals surface area contributed by atoms with Crippen LogP contribution in [-0.4, -0.2) is 19.6 Å². The van der Waals surface area contributed by atoms with Crippen LogP contribution in [-0.2, 0) is 14.8 Å². The van der Waals surface area contributed by atoms with Crippen LogP contribution in [0.5, 0.6) is 0 Å². The predicted molar refractivity (Wildman–Crippen MR) is 84.5 cm³/mol. The van der Waals surface area contributed by atoms with Gasteiger partial charge in [0.1, 0.15) is 0 Å². The van der Waals surface area contributed by atoms with Crippen LogP contribution in [0, 0.1) is 10.1 Å². The van der Waals surface area contributed by atoms with Gasteiger partial charge in [-0.15, -0.1) is 0 Å². The third-order valence-corrected chi connectivity index (χ3v) is 4.72. The number of nitro groups is 1. The van der Waals surface area contributed by atoms with E-state index in [0.29, 0.717) is 0 Å². The first-order valence-electron chi connectivity index (χ1n) is 6.31. The van der Waals surface area contributed by atoms with Gasteiger partial charge in [-0.1, -0.05) is 29.8 Å². The fourth-order valence-corrected chi connectivity index (χ4v) is 3.18. The Bertz CT molecular complexity index is 840. The smallest absolute Gasteiger partial charge is 0.293 e. The van der Waals surface area contributed by atoms with Gasteiger partial charge < -0.3 is 0 Å². The van der Waals surface area contributed by atoms with Gasteiger partial charge in [-0.3, -0.25) is 19.6 Å². The molecule has 0 spiro atoms. The Labute approximate surface area is 137 Å². The molecule has 0 aliphatic carbocycles. The molecule has 23 heavy (non-hydrogen) atoms. The van der Waals surface area contributed by atoms with Crippen LogP contribution in [0.1, 0.15) is 11.6 Å². The minimum atomic E-state index is -3.85. The third kappa shape index (κ3) is 3.85. The molecule has 2 aromatic rings. The summed E-state index contributed by atoms with van der Waals surface area (Å²) in [5.41, 5.74) is -0.0121. The van der Waals surface area contributed by atoms with Gasteiger partial charge >= 0.3 is 0 Å². The fourth-order valence-electron chi connectivity index (χ4n) is 1.88. The first-order valence-corrected chi connectivity index (χ1v) is 8.17. The molecule has 2 aromatic carbocycles. The standard InChI is InChI=1S/C14H11ClN2O5S/c15-13-7-6-10(8-12(13)14(9-18)17(19)20)16-23(21,22)11-4-2-1-3-5-11/h1-9,14,16H. The number of sulfonamides is 1. The van der Waals surface area contributed by atoms with Crippen molar-refractivity contribution in [3.05, 3.63) is 69.2 Å². The van der Waals surface area contributed by atoms with Gasteiger partial charge in [-0.2, -0.15) is 0 Å². The molecule has 0 saturated heterocycles. The normalized spacial score (nSPS) is 12.4. The third-order valence-electron chi connectivity index (χ3n) is 2.98. The van der Waals surface area contributed by atoms with E-state index in [1.165, 1.54) is 30.3 Å². The van der Waals surface area contributed by atoms with Crippen molar-refractivity contribution in [2.75, 3.05) is 4.72 Å². The van der Waals surface area contributed by atoms with Crippen molar-refractivity contribution in [3.8, 4) is 0 Å². The Balaban J connectivity index is 2.39. The Kier molecular flexibility index (Phi) is 4.97. The molecule has 1 atom stereocenters. The lowest BCUT2D eigenvalue weighted by atomic mass is 10.1. The first kappa shape index (κ1) is 16.9. The molecule has 0 aliphatic heterocycles. The number of halogens is 1. The molecule has 0 aromatic heterocycles. The van der Waals surface area contributed by atoms with Crippen molar-refractivity contribution in [1.82, 2.24) is 0 Å². The number of carbonyl (C=O) groups is 1. The monoisotopic (exact) mass is 354 g/mol. The zero-order valence-electron chi connectivity index (χ0n) is 11.5. The summed E-state index contributed by atoms with van der Waals surface area (Å²) in [4.78, 5) is 21.0. The van der Waals surface area contributed by atoms with E-state index < -0.39 is 21.0 Å². The van der Waals surface area contributed by atoms with Crippen LogP contribution < -0.4 is 4.72 Å². The molecule has 1 N–H and O–H groups in total. The Morgan fingerprint density at radius 2 is 1.83 bits per heavy atom. The number of carbonyl (C=O) groups excluding carboxylic acids is 1. The molecule has 0 saturated carbocycles. The molecule has 0 heterocycles. The lowest BCUT2D eigenvalue weighted by Crippen LogP contribution is -2.15. The van der Waals surface area contributed by atoms with Gasteiger partial charge in [0.2, 0.25) is 0 Å². The average Bonchev–Trinajstić information content (AvgIpc) is 2.51. The number of anilines is 1. The second-order valence-electron chi connectivity index (χ2n) is 4.52. The average molecular weight is 355 g/mol. The fraction of sp³-hybridized carbons (Fsp3) is 0.0714. The Hall–Kier alpha value is -2.45. The topological polar surface area (TPSA) is 106 Å². The molecule has 9 heteroatoms. The van der Waals surface area contributed by atoms with E-state index in [1.807, 2.05) is 0 Å². The molecule has 0 bridgehead atoms. The molecular weight excluding hydrogens is 344 g/mol. The highest BCUT2D eigenvalue weighted by molar-refractivity contribution is 7.92. The van der Waals surface area contributed by atoms with Crippen molar-refractivity contribution in [2.45, 2.75) is 10.9 Å². The maximum atomic E-state index is 12.2. The van der Waals surface area contributed by atoms with Crippen molar-refractivity contribution in [3.63, 3.8) is 0 Å². The van der Waals surface area contributed by atoms with E-state index in [9.17, 15) is 23.3 Å². The summed E-state index contributed by atoms with van der Waals surface area (Å²) in [5, 5.41) is 10.9. The van der Waals surface area contributed by atoms with Crippen molar-refractivity contribution in [1.29, 1.82) is 0 Å². The second kappa shape index (κ2) is 6.76. The first-order chi connectivity index (χ1) is 10.8. The number of nitrogens with zero attached hydrogens (tertiary/aromatic N) is 1. The van der Waals surface area contributed by atoms with Crippen molar-refractivity contribution in [2.24, 2.45) is 0 Å². The number of hydrogen-bond acceptors (Lipinski definition) is 5. The zero-order chi connectivity index (χ0) is 17.0. The number of aldehydes is 1. The van der Waals surface area contributed by atoms with Gasteiger partial charge in [-0.05, 0) is 30.3 Å². The maximum absolute atomic E-state index is 12.2. The molecule has 120 valence electrons. The van der Waals surface area contributed by atoms with E-state index in [2.05, 4.69) is 4.72 Å². The Morgan fingerprint density at radius 1 is 1.17 bits per heavy atom. The van der Waals surface area contributed by atoms with Crippen LogP contribution in [0.3, 0.4) is 0 Å². The highest BCUT2D eigenvalue weighted by atomic mass is 35.5. The van der Waals surface area contributed by atoms with E-state index in [-0.39, 0.29) is 27.5 Å². The lowest BCUT2D eigenvalue weighted by molar-refractivity contribution is -0.511. The number of hydrogen-bond donors (Lipinski definition) is 1. The van der Waals surface area contributed by atoms with Crippen LogP contribution in [0.25, 0.3) is 0 Å². The molecule has 2 rings (SSSR count). The van der Waals surface area contributed by atoms with Gasteiger partial charge in [0.15, 0.2) is 6.29 Å². The summed E-state index contributed by atoms with van der Waals surface area (Å²) in [6.45, 7) is 0. The molecule has 0 amide bonds. The largest absolute Gasteiger partial charge is 0.295 e. The number of nitrogens with one attached hydrogen (secondary N) is 1. The van der Waals surface area contributed by atoms with E-state index in [4.69, 9.17) is 11.6 Å². The highest BCUT2D eigenvalue weighted by Gasteiger charge is 2.25. The minimum Gasteiger partial charge on any atom is -0.295 e. The molecule has 0 fully saturated rings. The van der Waals surface area contributed by atoms with Gasteiger partial charge in [0.05, 0.1) is 15.5 Å². The number of benzene rings is 2. The van der Waals surface area contributed by atoms with Crippen molar-refractivity contribution >= 4 is 33.6 Å². The van der Waals surface area contributed by atoms with Crippen LogP contribution >= 0.6 is 11.6 Å². The Morgan fingerprint density at radius 3 is 2.39 bits per heavy atom. The molecule has 0 aliphatic rings. The quantitative estimate of drug-likeness (QED) is 0.487. The van der Waals surface area contributed by atoms with E-state index >= 15 is 0 Å². The van der Waals surface area contributed by atoms with Crippen molar-refractivity contribution < 1.29 is 18.1 Å².